The number of aliphatic carboxylic acids is 1. The molecule has 0 atom stereocenters. The second kappa shape index (κ2) is 6.72. The molecule has 0 fully saturated rings. The highest BCUT2D eigenvalue weighted by Crippen LogP contribution is 2.32. The zero-order chi connectivity index (χ0) is 14.5. The Labute approximate surface area is 132 Å². The van der Waals surface area contributed by atoms with Crippen molar-refractivity contribution in [1.29, 1.82) is 0 Å². The van der Waals surface area contributed by atoms with Gasteiger partial charge in [0.15, 0.2) is 0 Å². The predicted molar refractivity (Wildman–Crippen MR) is 87.2 cm³/mol. The maximum Gasteiger partial charge on any atom is 0.331 e. The van der Waals surface area contributed by atoms with E-state index in [9.17, 15) is 4.79 Å². The van der Waals surface area contributed by atoms with Gasteiger partial charge in [-0.2, -0.15) is 0 Å². The monoisotopic (exact) mass is 396 g/mol. The molecule has 1 N–H and O–H groups in total. The van der Waals surface area contributed by atoms with Gasteiger partial charge in [-0.05, 0) is 54.8 Å². The molecule has 0 unspecified atom stereocenters. The van der Waals surface area contributed by atoms with Gasteiger partial charge in [0, 0.05) is 5.56 Å². The van der Waals surface area contributed by atoms with Crippen molar-refractivity contribution in [2.24, 2.45) is 0 Å². The molecule has 20 heavy (non-hydrogen) atoms. The molecule has 5 heteroatoms. The number of halogens is 2. The Bertz CT molecular complexity index is 701. The molecule has 0 radical (unpaired) electrons. The Morgan fingerprint density at radius 2 is 1.90 bits per heavy atom. The van der Waals surface area contributed by atoms with Gasteiger partial charge in [0.1, 0.15) is 5.75 Å². The van der Waals surface area contributed by atoms with Gasteiger partial charge in [0.05, 0.1) is 15.7 Å². The lowest BCUT2D eigenvalue weighted by molar-refractivity contribution is -0.131. The van der Waals surface area contributed by atoms with Crippen LogP contribution >= 0.6 is 31.9 Å². The minimum Gasteiger partial charge on any atom is -0.478 e. The zero-order valence-corrected chi connectivity index (χ0v) is 13.4. The van der Waals surface area contributed by atoms with Crippen LogP contribution in [0, 0.1) is 0 Å². The third kappa shape index (κ3) is 3.71. The third-order valence-electron chi connectivity index (χ3n) is 2.59. The Morgan fingerprint density at radius 3 is 2.60 bits per heavy atom. The molecule has 0 spiro atoms. The molecule has 0 heterocycles. The molecule has 2 aromatic carbocycles. The molecule has 0 saturated carbocycles. The maximum atomic E-state index is 10.5. The van der Waals surface area contributed by atoms with Gasteiger partial charge in [-0.15, -0.1) is 0 Å². The number of hydrogen-bond acceptors (Lipinski definition) is 2. The summed E-state index contributed by atoms with van der Waals surface area (Å²) in [7, 11) is 0. The van der Waals surface area contributed by atoms with E-state index in [1.165, 1.54) is 0 Å². The van der Waals surface area contributed by atoms with Gasteiger partial charge < -0.3 is 9.84 Å². The topological polar surface area (TPSA) is 46.5 Å². The highest BCUT2D eigenvalue weighted by atomic mass is 79.9. The van der Waals surface area contributed by atoms with Gasteiger partial charge in [-0.3, -0.25) is 0 Å². The average molecular weight is 398 g/mol. The summed E-state index contributed by atoms with van der Waals surface area (Å²) in [5, 5.41) is 10.7. The van der Waals surface area contributed by atoms with E-state index in [2.05, 4.69) is 31.9 Å². The Morgan fingerprint density at radius 1 is 1.15 bits per heavy atom. The van der Waals surface area contributed by atoms with Crippen molar-refractivity contribution < 1.29 is 14.6 Å². The first-order chi connectivity index (χ1) is 9.58. The Kier molecular flexibility index (Phi) is 4.98. The van der Waals surface area contributed by atoms with Gasteiger partial charge in [0.25, 0.3) is 0 Å². The number of carboxylic acids is 1. The minimum absolute atomic E-state index is 0.581. The second-order valence-corrected chi connectivity index (χ2v) is 6.66. The van der Waals surface area contributed by atoms with Crippen LogP contribution in [-0.4, -0.2) is 11.1 Å². The molecule has 0 aliphatic rings. The van der Waals surface area contributed by atoms with E-state index in [1.54, 1.807) is 0 Å². The second-order valence-electron chi connectivity index (χ2n) is 3.89. The average Bonchev–Trinajstić information content (AvgIpc) is 2.40. The van der Waals surface area contributed by atoms with Crippen LogP contribution in [0.25, 0.3) is 16.8 Å². The number of rotatable bonds is 4. The zero-order valence-electron chi connectivity index (χ0n) is 10.2. The van der Waals surface area contributed by atoms with Crippen LogP contribution in [0.1, 0.15) is 5.56 Å². The Balaban J connectivity index is 2.53. The molecule has 0 saturated heterocycles. The van der Waals surface area contributed by atoms with Gasteiger partial charge in [0.2, 0.25) is 0 Å². The number of ether oxygens (including phenoxy) is 1. The van der Waals surface area contributed by atoms with E-state index >= 15 is 0 Å². The van der Waals surface area contributed by atoms with Crippen LogP contribution in [-0.2, 0) is 4.79 Å². The molecule has 0 bridgehead atoms. The van der Waals surface area contributed by atoms with E-state index in [0.29, 0.717) is 5.75 Å². The molecular weight excluding hydrogens is 388 g/mol. The van der Waals surface area contributed by atoms with Gasteiger partial charge in [-0.25, -0.2) is 4.79 Å². The van der Waals surface area contributed by atoms with Crippen molar-refractivity contribution in [1.82, 2.24) is 0 Å². The molecular formula is C15H10Br2O3. The molecule has 0 amide bonds. The molecule has 0 aromatic heterocycles. The summed E-state index contributed by atoms with van der Waals surface area (Å²) in [6.07, 6.45) is 3.98. The summed E-state index contributed by atoms with van der Waals surface area (Å²) in [6.45, 7) is 0. The minimum atomic E-state index is -1.05. The van der Waals surface area contributed by atoms with Crippen molar-refractivity contribution in [3.05, 3.63) is 57.7 Å². The summed E-state index contributed by atoms with van der Waals surface area (Å²) in [6, 6.07) is 11.6. The van der Waals surface area contributed by atoms with Crippen molar-refractivity contribution in [2.45, 2.75) is 0 Å². The van der Waals surface area contributed by atoms with Crippen molar-refractivity contribution in [3.8, 4) is 5.75 Å². The lowest BCUT2D eigenvalue weighted by Crippen LogP contribution is -1.92. The van der Waals surface area contributed by atoms with Crippen molar-refractivity contribution in [3.63, 3.8) is 0 Å². The van der Waals surface area contributed by atoms with E-state index in [1.807, 2.05) is 42.5 Å². The Hall–Kier alpha value is -1.59. The molecule has 2 aromatic rings. The quantitative estimate of drug-likeness (QED) is 0.589. The highest BCUT2D eigenvalue weighted by Gasteiger charge is 2.06. The van der Waals surface area contributed by atoms with Crippen LogP contribution < -0.4 is 4.74 Å². The fourth-order valence-corrected chi connectivity index (χ4v) is 2.26. The summed E-state index contributed by atoms with van der Waals surface area (Å²) >= 11 is 6.67. The molecule has 3 nitrogen and oxygen atoms in total. The number of benzene rings is 2. The maximum absolute atomic E-state index is 10.5. The first-order valence-corrected chi connectivity index (χ1v) is 7.27. The first kappa shape index (κ1) is 14.8. The SMILES string of the molecule is O=C(O)C=COc1ccc2ccccc2c1C=C(Br)Br. The van der Waals surface area contributed by atoms with Crippen LogP contribution in [0.5, 0.6) is 5.75 Å². The first-order valence-electron chi connectivity index (χ1n) is 5.68. The smallest absolute Gasteiger partial charge is 0.331 e. The van der Waals surface area contributed by atoms with Crippen LogP contribution in [0.15, 0.2) is 52.1 Å². The van der Waals surface area contributed by atoms with Gasteiger partial charge in [-0.1, -0.05) is 30.3 Å². The summed E-state index contributed by atoms with van der Waals surface area (Å²) in [4.78, 5) is 10.5. The number of carboxylic acid groups (broad SMARTS) is 1. The number of carbonyl (C=O) groups is 1. The summed E-state index contributed by atoms with van der Waals surface area (Å²) < 4.78 is 6.18. The standard InChI is InChI=1S/C15H10Br2O3/c16-14(17)9-12-11-4-2-1-3-10(11)5-6-13(12)20-8-7-15(18)19/h1-9H,(H,18,19). The summed E-state index contributed by atoms with van der Waals surface area (Å²) in [5.41, 5.74) is 0.863. The largest absolute Gasteiger partial charge is 0.478 e. The van der Waals surface area contributed by atoms with Gasteiger partial charge >= 0.3 is 5.97 Å². The highest BCUT2D eigenvalue weighted by molar-refractivity contribution is 9.28. The fraction of sp³-hybridized carbons (Fsp3) is 0. The van der Waals surface area contributed by atoms with Crippen LogP contribution in [0.2, 0.25) is 0 Å². The number of fused-ring (bicyclic) bond motifs is 1. The molecule has 2 rings (SSSR count). The van der Waals surface area contributed by atoms with E-state index < -0.39 is 5.97 Å². The number of hydrogen-bond donors (Lipinski definition) is 1. The molecule has 0 aliphatic carbocycles. The lowest BCUT2D eigenvalue weighted by atomic mass is 10.0. The third-order valence-corrected chi connectivity index (χ3v) is 3.05. The fourth-order valence-electron chi connectivity index (χ4n) is 1.80. The normalized spacial score (nSPS) is 10.7. The van der Waals surface area contributed by atoms with Crippen molar-refractivity contribution in [2.75, 3.05) is 0 Å². The summed E-state index contributed by atoms with van der Waals surface area (Å²) in [5.74, 6) is -0.470. The van der Waals surface area contributed by atoms with Crippen LogP contribution in [0.4, 0.5) is 0 Å². The molecule has 0 aliphatic heterocycles. The van der Waals surface area contributed by atoms with E-state index in [0.717, 1.165) is 32.1 Å². The van der Waals surface area contributed by atoms with E-state index in [4.69, 9.17) is 9.84 Å². The van der Waals surface area contributed by atoms with Crippen LogP contribution in [0.3, 0.4) is 0 Å². The lowest BCUT2D eigenvalue weighted by Gasteiger charge is -2.09. The molecule has 102 valence electrons. The van der Waals surface area contributed by atoms with Crippen molar-refractivity contribution >= 4 is 54.7 Å². The predicted octanol–water partition coefficient (Wildman–Crippen LogP) is 4.91. The van der Waals surface area contributed by atoms with E-state index in [-0.39, 0.29) is 0 Å².